The highest BCUT2D eigenvalue weighted by Crippen LogP contribution is 2.28. The number of thioether (sulfide) groups is 1. The molecule has 134 valence electrons. The summed E-state index contributed by atoms with van der Waals surface area (Å²) in [6.07, 6.45) is 6.13. The van der Waals surface area contributed by atoms with E-state index in [-0.39, 0.29) is 24.4 Å². The van der Waals surface area contributed by atoms with Crippen molar-refractivity contribution in [3.05, 3.63) is 54.0 Å². The molecule has 2 fully saturated rings. The number of piperidine rings is 1. The van der Waals surface area contributed by atoms with Gasteiger partial charge in [0.25, 0.3) is 5.91 Å². The summed E-state index contributed by atoms with van der Waals surface area (Å²) in [4.78, 5) is 13.8. The summed E-state index contributed by atoms with van der Waals surface area (Å²) in [5, 5.41) is 6.78. The van der Waals surface area contributed by atoms with Crippen molar-refractivity contribution in [2.45, 2.75) is 54.5 Å². The highest BCUT2D eigenvalue weighted by Gasteiger charge is 2.34. The SMILES string of the molecule is Cl.O=C(NC1CC2CCC(C1)N2)c1occc1CSc1ccccc1. The molecule has 6 heteroatoms. The van der Waals surface area contributed by atoms with E-state index in [1.807, 2.05) is 24.3 Å². The van der Waals surface area contributed by atoms with Crippen LogP contribution in [0, 0.1) is 0 Å². The number of hydrogen-bond acceptors (Lipinski definition) is 4. The molecule has 2 saturated heterocycles. The summed E-state index contributed by atoms with van der Waals surface area (Å²) in [7, 11) is 0. The van der Waals surface area contributed by atoms with Gasteiger partial charge in [0, 0.05) is 34.3 Å². The van der Waals surface area contributed by atoms with Gasteiger partial charge >= 0.3 is 0 Å². The van der Waals surface area contributed by atoms with Crippen LogP contribution in [0.5, 0.6) is 0 Å². The molecule has 1 amide bonds. The van der Waals surface area contributed by atoms with Crippen LogP contribution in [0.2, 0.25) is 0 Å². The summed E-state index contributed by atoms with van der Waals surface area (Å²) in [6, 6.07) is 13.5. The van der Waals surface area contributed by atoms with Crippen molar-refractivity contribution >= 4 is 30.1 Å². The fourth-order valence-corrected chi connectivity index (χ4v) is 4.65. The maximum atomic E-state index is 12.6. The third-order valence-corrected chi connectivity index (χ3v) is 5.96. The van der Waals surface area contributed by atoms with Crippen LogP contribution < -0.4 is 10.6 Å². The van der Waals surface area contributed by atoms with Crippen molar-refractivity contribution in [1.82, 2.24) is 10.6 Å². The molecule has 2 bridgehead atoms. The first-order chi connectivity index (χ1) is 11.8. The molecule has 25 heavy (non-hydrogen) atoms. The summed E-state index contributed by atoms with van der Waals surface area (Å²) >= 11 is 1.72. The van der Waals surface area contributed by atoms with Gasteiger partial charge in [0.1, 0.15) is 0 Å². The minimum Gasteiger partial charge on any atom is -0.459 e. The molecular weight excluding hydrogens is 356 g/mol. The van der Waals surface area contributed by atoms with Crippen LogP contribution >= 0.6 is 24.2 Å². The molecule has 2 N–H and O–H groups in total. The first-order valence-electron chi connectivity index (χ1n) is 8.59. The molecule has 4 rings (SSSR count). The Morgan fingerprint density at radius 1 is 1.16 bits per heavy atom. The molecule has 4 nitrogen and oxygen atoms in total. The highest BCUT2D eigenvalue weighted by atomic mass is 35.5. The Hall–Kier alpha value is -1.43. The monoisotopic (exact) mass is 378 g/mol. The lowest BCUT2D eigenvalue weighted by Crippen LogP contribution is -2.48. The number of carbonyl (C=O) groups excluding carboxylic acids is 1. The Balaban J connectivity index is 0.00000182. The third kappa shape index (κ3) is 4.40. The number of carbonyl (C=O) groups is 1. The molecule has 2 unspecified atom stereocenters. The normalized spacial score (nSPS) is 24.6. The molecule has 0 radical (unpaired) electrons. The molecule has 1 aromatic carbocycles. The molecule has 2 aromatic rings. The molecule has 2 atom stereocenters. The van der Waals surface area contributed by atoms with Gasteiger partial charge in [0.05, 0.1) is 6.26 Å². The van der Waals surface area contributed by atoms with E-state index >= 15 is 0 Å². The standard InChI is InChI=1S/C19H22N2O2S.ClH/c22-19(21-16-10-14-6-7-15(11-16)20-14)18-13(8-9-23-18)12-24-17-4-2-1-3-5-17;/h1-5,8-9,14-16,20H,6-7,10-12H2,(H,21,22);1H. The quantitative estimate of drug-likeness (QED) is 0.772. The number of benzene rings is 1. The summed E-state index contributed by atoms with van der Waals surface area (Å²) in [6.45, 7) is 0. The van der Waals surface area contributed by atoms with Crippen LogP contribution in [0.4, 0.5) is 0 Å². The highest BCUT2D eigenvalue weighted by molar-refractivity contribution is 7.98. The van der Waals surface area contributed by atoms with Crippen LogP contribution in [0.3, 0.4) is 0 Å². The second kappa shape index (κ2) is 8.30. The Labute approximate surface area is 158 Å². The molecule has 3 heterocycles. The van der Waals surface area contributed by atoms with Gasteiger partial charge < -0.3 is 15.1 Å². The number of furan rings is 1. The van der Waals surface area contributed by atoms with Crippen molar-refractivity contribution in [2.75, 3.05) is 0 Å². The smallest absolute Gasteiger partial charge is 0.287 e. The van der Waals surface area contributed by atoms with Gasteiger partial charge in [-0.1, -0.05) is 18.2 Å². The van der Waals surface area contributed by atoms with Gasteiger partial charge in [0.2, 0.25) is 0 Å². The van der Waals surface area contributed by atoms with E-state index in [1.165, 1.54) is 17.7 Å². The van der Waals surface area contributed by atoms with Gasteiger partial charge in [-0.25, -0.2) is 0 Å². The average molecular weight is 379 g/mol. The number of hydrogen-bond donors (Lipinski definition) is 2. The van der Waals surface area contributed by atoms with E-state index in [1.54, 1.807) is 18.0 Å². The molecule has 1 aromatic heterocycles. The van der Waals surface area contributed by atoms with Crippen LogP contribution in [-0.2, 0) is 5.75 Å². The Morgan fingerprint density at radius 2 is 1.88 bits per heavy atom. The summed E-state index contributed by atoms with van der Waals surface area (Å²) in [5.74, 6) is 1.13. The number of nitrogens with one attached hydrogen (secondary N) is 2. The summed E-state index contributed by atoms with van der Waals surface area (Å²) < 4.78 is 5.48. The van der Waals surface area contributed by atoms with Crippen LogP contribution in [0.1, 0.15) is 41.8 Å². The van der Waals surface area contributed by atoms with E-state index in [2.05, 4.69) is 22.8 Å². The fourth-order valence-electron chi connectivity index (χ4n) is 3.75. The lowest BCUT2D eigenvalue weighted by Gasteiger charge is -2.29. The predicted molar refractivity (Wildman–Crippen MR) is 102 cm³/mol. The van der Waals surface area contributed by atoms with E-state index in [0.29, 0.717) is 17.8 Å². The molecule has 2 aliphatic rings. The lowest BCUT2D eigenvalue weighted by molar-refractivity contribution is 0.0895. The first-order valence-corrected chi connectivity index (χ1v) is 9.57. The Kier molecular flexibility index (Phi) is 6.10. The van der Waals surface area contributed by atoms with Crippen molar-refractivity contribution in [3.63, 3.8) is 0 Å². The van der Waals surface area contributed by atoms with Crippen molar-refractivity contribution in [1.29, 1.82) is 0 Å². The lowest BCUT2D eigenvalue weighted by atomic mass is 9.99. The zero-order valence-electron chi connectivity index (χ0n) is 13.9. The zero-order chi connectivity index (χ0) is 16.4. The van der Waals surface area contributed by atoms with Gasteiger partial charge in [-0.15, -0.1) is 24.2 Å². The molecule has 0 saturated carbocycles. The Bertz CT molecular complexity index is 694. The Morgan fingerprint density at radius 3 is 2.60 bits per heavy atom. The first kappa shape index (κ1) is 18.4. The predicted octanol–water partition coefficient (Wildman–Crippen LogP) is 4.01. The van der Waals surface area contributed by atoms with Crippen LogP contribution in [0.25, 0.3) is 0 Å². The molecule has 2 aliphatic heterocycles. The molecular formula is C19H23ClN2O2S. The van der Waals surface area contributed by atoms with Gasteiger partial charge in [-0.2, -0.15) is 0 Å². The van der Waals surface area contributed by atoms with E-state index in [9.17, 15) is 4.79 Å². The third-order valence-electron chi connectivity index (χ3n) is 4.90. The number of rotatable bonds is 5. The van der Waals surface area contributed by atoms with E-state index in [0.717, 1.165) is 24.2 Å². The minimum atomic E-state index is -0.0741. The van der Waals surface area contributed by atoms with Crippen molar-refractivity contribution in [3.8, 4) is 0 Å². The second-order valence-corrected chi connectivity index (χ2v) is 7.71. The van der Waals surface area contributed by atoms with Gasteiger partial charge in [-0.3, -0.25) is 4.79 Å². The fraction of sp³-hybridized carbons (Fsp3) is 0.421. The van der Waals surface area contributed by atoms with Crippen molar-refractivity contribution < 1.29 is 9.21 Å². The van der Waals surface area contributed by atoms with E-state index < -0.39 is 0 Å². The van der Waals surface area contributed by atoms with E-state index in [4.69, 9.17) is 4.42 Å². The number of halogens is 1. The maximum Gasteiger partial charge on any atom is 0.287 e. The number of fused-ring (bicyclic) bond motifs is 2. The maximum absolute atomic E-state index is 12.6. The molecule has 0 spiro atoms. The number of amides is 1. The van der Waals surface area contributed by atoms with Gasteiger partial charge in [0.15, 0.2) is 5.76 Å². The average Bonchev–Trinajstić information content (AvgIpc) is 3.20. The topological polar surface area (TPSA) is 54.3 Å². The summed E-state index contributed by atoms with van der Waals surface area (Å²) in [5.41, 5.74) is 0.957. The van der Waals surface area contributed by atoms with Crippen LogP contribution in [0.15, 0.2) is 52.0 Å². The zero-order valence-corrected chi connectivity index (χ0v) is 15.6. The largest absolute Gasteiger partial charge is 0.459 e. The molecule has 0 aliphatic carbocycles. The van der Waals surface area contributed by atoms with Crippen molar-refractivity contribution in [2.24, 2.45) is 0 Å². The second-order valence-electron chi connectivity index (χ2n) is 6.66. The minimum absolute atomic E-state index is 0. The van der Waals surface area contributed by atoms with Gasteiger partial charge in [-0.05, 0) is 43.9 Å². The van der Waals surface area contributed by atoms with Crippen LogP contribution in [-0.4, -0.2) is 24.0 Å².